The molecule has 1 aliphatic carbocycles. The van der Waals surface area contributed by atoms with Gasteiger partial charge in [0, 0.05) is 16.8 Å². The molecule has 6 rings (SSSR count). The van der Waals surface area contributed by atoms with E-state index >= 15 is 0 Å². The normalized spacial score (nSPS) is 30.8. The smallest absolute Gasteiger partial charge is 0.246 e. The van der Waals surface area contributed by atoms with Gasteiger partial charge in [-0.2, -0.15) is 0 Å². The van der Waals surface area contributed by atoms with Crippen LogP contribution in [0.5, 0.6) is 0 Å². The van der Waals surface area contributed by atoms with E-state index in [0.717, 1.165) is 50.7 Å². The van der Waals surface area contributed by atoms with Gasteiger partial charge in [0.05, 0.1) is 17.4 Å². The number of rotatable bonds is 5. The molecule has 1 spiro atoms. The molecule has 10 heteroatoms. The van der Waals surface area contributed by atoms with Crippen LogP contribution in [0.3, 0.4) is 0 Å². The van der Waals surface area contributed by atoms with Gasteiger partial charge in [0.25, 0.3) is 0 Å². The number of hydrogen-bond donors (Lipinski definition) is 2. The topological polar surface area (TPSA) is 87.7 Å². The van der Waals surface area contributed by atoms with E-state index in [1.165, 1.54) is 11.0 Å². The lowest BCUT2D eigenvalue weighted by Crippen LogP contribution is -2.56. The van der Waals surface area contributed by atoms with Crippen LogP contribution in [-0.2, 0) is 19.1 Å². The minimum absolute atomic E-state index is 0.0424. The van der Waals surface area contributed by atoms with E-state index < -0.39 is 58.2 Å². The molecule has 41 heavy (non-hydrogen) atoms. The zero-order valence-corrected chi connectivity index (χ0v) is 23.6. The molecule has 3 amide bonds. The van der Waals surface area contributed by atoms with E-state index in [-0.39, 0.29) is 11.9 Å². The van der Waals surface area contributed by atoms with Gasteiger partial charge >= 0.3 is 0 Å². The van der Waals surface area contributed by atoms with Crippen molar-refractivity contribution < 1.29 is 27.9 Å². The summed E-state index contributed by atoms with van der Waals surface area (Å²) in [6.07, 6.45) is 9.29. The summed E-state index contributed by atoms with van der Waals surface area (Å²) in [5, 5.41) is 5.92. The van der Waals surface area contributed by atoms with Gasteiger partial charge in [-0.1, -0.05) is 61.6 Å². The number of para-hydroxylation sites is 1. The number of amides is 3. The molecule has 4 aliphatic rings. The largest absolute Gasteiger partial charge is 0.356 e. The van der Waals surface area contributed by atoms with Gasteiger partial charge in [0.2, 0.25) is 17.7 Å². The second-order valence-corrected chi connectivity index (χ2v) is 12.2. The van der Waals surface area contributed by atoms with Gasteiger partial charge in [-0.05, 0) is 56.5 Å². The van der Waals surface area contributed by atoms with E-state index in [4.69, 9.17) is 16.3 Å². The summed E-state index contributed by atoms with van der Waals surface area (Å²) in [5.41, 5.74) is -2.19. The Bertz CT molecular complexity index is 1440. The summed E-state index contributed by atoms with van der Waals surface area (Å²) in [6, 6.07) is 7.19. The molecule has 5 atom stereocenters. The molecule has 7 nitrogen and oxygen atoms in total. The minimum Gasteiger partial charge on any atom is -0.356 e. The van der Waals surface area contributed by atoms with Crippen molar-refractivity contribution in [2.24, 2.45) is 11.8 Å². The zero-order valence-electron chi connectivity index (χ0n) is 22.9. The highest BCUT2D eigenvalue weighted by Gasteiger charge is 2.76. The van der Waals surface area contributed by atoms with E-state index in [1.807, 2.05) is 6.92 Å². The van der Waals surface area contributed by atoms with Crippen LogP contribution in [0, 0.1) is 30.4 Å². The first kappa shape index (κ1) is 27.8. The Kier molecular flexibility index (Phi) is 6.93. The fourth-order valence-corrected chi connectivity index (χ4v) is 7.32. The van der Waals surface area contributed by atoms with E-state index in [9.17, 15) is 23.2 Å². The van der Waals surface area contributed by atoms with E-state index in [0.29, 0.717) is 16.3 Å². The molecule has 0 radical (unpaired) electrons. The molecular weight excluding hydrogens is 552 g/mol. The number of carbonyl (C=O) groups is 3. The van der Waals surface area contributed by atoms with Gasteiger partial charge in [-0.3, -0.25) is 19.3 Å². The maximum Gasteiger partial charge on any atom is 0.246 e. The van der Waals surface area contributed by atoms with Crippen molar-refractivity contribution >= 4 is 40.7 Å². The summed E-state index contributed by atoms with van der Waals surface area (Å²) >= 11 is 6.34. The highest BCUT2D eigenvalue weighted by molar-refractivity contribution is 6.31. The third-order valence-electron chi connectivity index (χ3n) is 9.07. The van der Waals surface area contributed by atoms with Gasteiger partial charge in [0.1, 0.15) is 29.0 Å². The standard InChI is InChI=1S/C31H32ClF2N3O4/c1-17-12-13-18(32)16-22(17)37-26(28(39)35-19-8-5-3-4-6-9-19)31-15-14-30(2,41-31)23(24(31)29(37)40)27(38)36-25-20(33)10-7-11-21(25)34/h7,10-16,19,23-24,26H,3-6,8-9H2,1-2H3,(H,35,39)(H,36,38)/t23-,24+,26?,30-,31+/m1/s1. The van der Waals surface area contributed by atoms with Crippen LogP contribution in [0.4, 0.5) is 20.2 Å². The highest BCUT2D eigenvalue weighted by Crippen LogP contribution is 2.60. The number of carbonyl (C=O) groups excluding carboxylic acids is 3. The predicted molar refractivity (Wildman–Crippen MR) is 150 cm³/mol. The molecule has 3 heterocycles. The Morgan fingerprint density at radius 2 is 1.71 bits per heavy atom. The molecule has 3 aliphatic heterocycles. The summed E-state index contributed by atoms with van der Waals surface area (Å²) in [5.74, 6) is -5.78. The number of ether oxygens (including phenoxy) is 1. The molecule has 2 aromatic carbocycles. The SMILES string of the molecule is Cc1ccc(Cl)cc1N1C(=O)[C@@H]2[C@H](C(=O)Nc3c(F)cccc3F)[C@@]3(C)C=C[C@@]2(O3)C1C(=O)NC1CCCCCC1. The number of halogens is 3. The van der Waals surface area contributed by atoms with E-state index in [2.05, 4.69) is 10.6 Å². The first-order valence-electron chi connectivity index (χ1n) is 14.1. The van der Waals surface area contributed by atoms with Gasteiger partial charge in [-0.25, -0.2) is 8.78 Å². The fourth-order valence-electron chi connectivity index (χ4n) is 7.16. The summed E-state index contributed by atoms with van der Waals surface area (Å²) in [7, 11) is 0. The molecular formula is C31H32ClF2N3O4. The van der Waals surface area contributed by atoms with Crippen LogP contribution in [-0.4, -0.2) is 41.0 Å². The second kappa shape index (κ2) is 10.2. The van der Waals surface area contributed by atoms with E-state index in [1.54, 1.807) is 37.3 Å². The van der Waals surface area contributed by atoms with Crippen molar-refractivity contribution in [2.45, 2.75) is 75.7 Å². The number of hydrogen-bond acceptors (Lipinski definition) is 4. The quantitative estimate of drug-likeness (QED) is 0.362. The Labute approximate surface area is 242 Å². The van der Waals surface area contributed by atoms with Crippen LogP contribution < -0.4 is 15.5 Å². The maximum absolute atomic E-state index is 14.5. The van der Waals surface area contributed by atoms with Crippen molar-refractivity contribution in [1.29, 1.82) is 0 Å². The Hall–Kier alpha value is -3.30. The second-order valence-electron chi connectivity index (χ2n) is 11.8. The fraction of sp³-hybridized carbons (Fsp3) is 0.452. The number of nitrogens with zero attached hydrogens (tertiary/aromatic N) is 1. The summed E-state index contributed by atoms with van der Waals surface area (Å²) in [6.45, 7) is 3.46. The van der Waals surface area contributed by atoms with Crippen LogP contribution >= 0.6 is 11.6 Å². The summed E-state index contributed by atoms with van der Waals surface area (Å²) in [4.78, 5) is 43.7. The van der Waals surface area contributed by atoms with Crippen molar-refractivity contribution in [3.63, 3.8) is 0 Å². The maximum atomic E-state index is 14.5. The van der Waals surface area contributed by atoms with Crippen LogP contribution in [0.25, 0.3) is 0 Å². The number of nitrogens with one attached hydrogen (secondary N) is 2. The molecule has 1 unspecified atom stereocenters. The van der Waals surface area contributed by atoms with Crippen molar-refractivity contribution in [1.82, 2.24) is 5.32 Å². The first-order valence-corrected chi connectivity index (χ1v) is 14.5. The van der Waals surface area contributed by atoms with Gasteiger partial charge in [-0.15, -0.1) is 0 Å². The first-order chi connectivity index (χ1) is 19.6. The molecule has 2 N–H and O–H groups in total. The highest BCUT2D eigenvalue weighted by atomic mass is 35.5. The van der Waals surface area contributed by atoms with Gasteiger partial charge < -0.3 is 15.4 Å². The van der Waals surface area contributed by atoms with Crippen molar-refractivity contribution in [2.75, 3.05) is 10.2 Å². The van der Waals surface area contributed by atoms with Crippen LogP contribution in [0.1, 0.15) is 51.0 Å². The number of fused-ring (bicyclic) bond motifs is 1. The zero-order chi connectivity index (χ0) is 29.1. The van der Waals surface area contributed by atoms with Crippen LogP contribution in [0.2, 0.25) is 5.02 Å². The predicted octanol–water partition coefficient (Wildman–Crippen LogP) is 5.45. The van der Waals surface area contributed by atoms with Crippen molar-refractivity contribution in [3.8, 4) is 0 Å². The third kappa shape index (κ3) is 4.45. The third-order valence-corrected chi connectivity index (χ3v) is 9.31. The molecule has 0 aromatic heterocycles. The Balaban J connectivity index is 1.42. The monoisotopic (exact) mass is 583 g/mol. The lowest BCUT2D eigenvalue weighted by molar-refractivity contribution is -0.131. The molecule has 1 saturated carbocycles. The molecule has 2 saturated heterocycles. The van der Waals surface area contributed by atoms with Crippen molar-refractivity contribution in [3.05, 3.63) is 70.8 Å². The molecule has 216 valence electrons. The van der Waals surface area contributed by atoms with Crippen LogP contribution in [0.15, 0.2) is 48.6 Å². The number of benzene rings is 2. The lowest BCUT2D eigenvalue weighted by Gasteiger charge is -2.34. The Morgan fingerprint density at radius 3 is 2.39 bits per heavy atom. The number of aryl methyl sites for hydroxylation is 1. The minimum atomic E-state index is -1.47. The average molecular weight is 584 g/mol. The molecule has 2 aromatic rings. The lowest BCUT2D eigenvalue weighted by atomic mass is 9.70. The molecule has 2 bridgehead atoms. The number of anilines is 2. The average Bonchev–Trinajstić information content (AvgIpc) is 3.38. The summed E-state index contributed by atoms with van der Waals surface area (Å²) < 4.78 is 35.5. The van der Waals surface area contributed by atoms with Gasteiger partial charge in [0.15, 0.2) is 0 Å². The molecule has 3 fully saturated rings. The Morgan fingerprint density at radius 1 is 1.02 bits per heavy atom.